The standard InChI is InChI=1S/C25H26O3/c1-15-13-17(3)20(18(4)14-15)21-22(23(26)19-10-6-5-9-16(19)2)25(28-24(21)27)11-7-8-12-25/h5-6,9-10,13-14H,7-8,11-12H2,1-4H3. The van der Waals surface area contributed by atoms with Crippen LogP contribution in [0.5, 0.6) is 0 Å². The molecule has 0 radical (unpaired) electrons. The molecule has 0 unspecified atom stereocenters. The molecule has 3 nitrogen and oxygen atoms in total. The van der Waals surface area contributed by atoms with Gasteiger partial charge >= 0.3 is 5.97 Å². The highest BCUT2D eigenvalue weighted by Gasteiger charge is 2.52. The van der Waals surface area contributed by atoms with E-state index in [0.29, 0.717) is 16.7 Å². The molecule has 1 fully saturated rings. The number of hydrogen-bond donors (Lipinski definition) is 0. The lowest BCUT2D eigenvalue weighted by atomic mass is 9.80. The molecular weight excluding hydrogens is 348 g/mol. The summed E-state index contributed by atoms with van der Waals surface area (Å²) in [7, 11) is 0. The number of benzene rings is 2. The maximum atomic E-state index is 13.8. The largest absolute Gasteiger partial charge is 0.450 e. The lowest BCUT2D eigenvalue weighted by Gasteiger charge is -2.25. The second kappa shape index (κ2) is 6.73. The van der Waals surface area contributed by atoms with Crippen LogP contribution in [0.1, 0.15) is 63.9 Å². The Morgan fingerprint density at radius 1 is 0.929 bits per heavy atom. The summed E-state index contributed by atoms with van der Waals surface area (Å²) >= 11 is 0. The molecule has 144 valence electrons. The van der Waals surface area contributed by atoms with Crippen LogP contribution in [0.3, 0.4) is 0 Å². The fourth-order valence-corrected chi connectivity index (χ4v) is 4.99. The third-order valence-corrected chi connectivity index (χ3v) is 6.15. The lowest BCUT2D eigenvalue weighted by Crippen LogP contribution is -2.32. The van der Waals surface area contributed by atoms with E-state index in [9.17, 15) is 9.59 Å². The number of ketones is 1. The van der Waals surface area contributed by atoms with Gasteiger partial charge in [0.2, 0.25) is 0 Å². The summed E-state index contributed by atoms with van der Waals surface area (Å²) in [6.07, 6.45) is 3.38. The molecule has 0 aromatic heterocycles. The average Bonchev–Trinajstić information content (AvgIpc) is 3.19. The number of rotatable bonds is 3. The van der Waals surface area contributed by atoms with Gasteiger partial charge in [-0.15, -0.1) is 0 Å². The minimum absolute atomic E-state index is 0.0692. The van der Waals surface area contributed by atoms with E-state index in [2.05, 4.69) is 12.1 Å². The van der Waals surface area contributed by atoms with Gasteiger partial charge in [-0.25, -0.2) is 4.79 Å². The van der Waals surface area contributed by atoms with Crippen molar-refractivity contribution in [3.8, 4) is 0 Å². The molecule has 0 bridgehead atoms. The van der Waals surface area contributed by atoms with Gasteiger partial charge in [0.25, 0.3) is 0 Å². The Balaban J connectivity index is 2.01. The van der Waals surface area contributed by atoms with Crippen molar-refractivity contribution in [2.75, 3.05) is 0 Å². The van der Waals surface area contributed by atoms with Crippen molar-refractivity contribution in [3.05, 3.63) is 75.4 Å². The SMILES string of the molecule is Cc1cc(C)c(C2=C(C(=O)c3ccccc3C)C3(CCCC3)OC2=O)c(C)c1. The zero-order valence-corrected chi connectivity index (χ0v) is 17.0. The Kier molecular flexibility index (Phi) is 4.49. The van der Waals surface area contributed by atoms with E-state index >= 15 is 0 Å². The highest BCUT2D eigenvalue weighted by molar-refractivity contribution is 6.30. The quantitative estimate of drug-likeness (QED) is 0.532. The van der Waals surface area contributed by atoms with Crippen molar-refractivity contribution in [2.24, 2.45) is 0 Å². The van der Waals surface area contributed by atoms with Crippen molar-refractivity contribution < 1.29 is 14.3 Å². The molecule has 1 heterocycles. The van der Waals surface area contributed by atoms with E-state index in [4.69, 9.17) is 4.74 Å². The van der Waals surface area contributed by atoms with Gasteiger partial charge in [0.15, 0.2) is 5.78 Å². The van der Waals surface area contributed by atoms with Crippen molar-refractivity contribution in [1.82, 2.24) is 0 Å². The van der Waals surface area contributed by atoms with Gasteiger partial charge in [0.1, 0.15) is 5.60 Å². The molecule has 28 heavy (non-hydrogen) atoms. The zero-order chi connectivity index (χ0) is 20.1. The maximum absolute atomic E-state index is 13.8. The van der Waals surface area contributed by atoms with Gasteiger partial charge in [-0.2, -0.15) is 0 Å². The van der Waals surface area contributed by atoms with E-state index in [1.807, 2.05) is 52.0 Å². The van der Waals surface area contributed by atoms with Crippen LogP contribution < -0.4 is 0 Å². The van der Waals surface area contributed by atoms with Gasteiger partial charge < -0.3 is 4.74 Å². The number of esters is 1. The van der Waals surface area contributed by atoms with E-state index < -0.39 is 5.60 Å². The first-order chi connectivity index (χ1) is 13.3. The molecule has 1 spiro atoms. The number of aryl methyl sites for hydroxylation is 4. The van der Waals surface area contributed by atoms with Gasteiger partial charge in [0.05, 0.1) is 11.1 Å². The molecule has 1 aliphatic heterocycles. The van der Waals surface area contributed by atoms with E-state index in [0.717, 1.165) is 53.5 Å². The van der Waals surface area contributed by atoms with Gasteiger partial charge in [-0.05, 0) is 75.6 Å². The van der Waals surface area contributed by atoms with Crippen molar-refractivity contribution >= 4 is 17.3 Å². The molecule has 3 heteroatoms. The molecular formula is C25H26O3. The third-order valence-electron chi connectivity index (χ3n) is 6.15. The van der Waals surface area contributed by atoms with E-state index in [-0.39, 0.29) is 11.8 Å². The predicted molar refractivity (Wildman–Crippen MR) is 110 cm³/mol. The summed E-state index contributed by atoms with van der Waals surface area (Å²) in [6.45, 7) is 7.99. The summed E-state index contributed by atoms with van der Waals surface area (Å²) in [6, 6.07) is 11.7. The molecule has 0 atom stereocenters. The smallest absolute Gasteiger partial charge is 0.340 e. The Labute approximate surface area is 166 Å². The Morgan fingerprint density at radius 2 is 1.54 bits per heavy atom. The third kappa shape index (κ3) is 2.81. The lowest BCUT2D eigenvalue weighted by molar-refractivity contribution is -0.144. The maximum Gasteiger partial charge on any atom is 0.340 e. The highest BCUT2D eigenvalue weighted by atomic mass is 16.6. The molecule has 4 rings (SSSR count). The van der Waals surface area contributed by atoms with Crippen molar-refractivity contribution in [2.45, 2.75) is 59.0 Å². The predicted octanol–water partition coefficient (Wildman–Crippen LogP) is 5.43. The number of Topliss-reactive ketones (excluding diaryl/α,β-unsaturated/α-hetero) is 1. The second-order valence-corrected chi connectivity index (χ2v) is 8.26. The van der Waals surface area contributed by atoms with E-state index in [1.54, 1.807) is 0 Å². The molecule has 1 saturated carbocycles. The molecule has 1 aliphatic carbocycles. The topological polar surface area (TPSA) is 43.4 Å². The van der Waals surface area contributed by atoms with Gasteiger partial charge in [-0.1, -0.05) is 42.0 Å². The van der Waals surface area contributed by atoms with Crippen LogP contribution in [0.25, 0.3) is 5.57 Å². The zero-order valence-electron chi connectivity index (χ0n) is 17.0. The first kappa shape index (κ1) is 18.7. The summed E-state index contributed by atoms with van der Waals surface area (Å²) in [5, 5.41) is 0. The monoisotopic (exact) mass is 374 g/mol. The average molecular weight is 374 g/mol. The summed E-state index contributed by atoms with van der Waals surface area (Å²) in [4.78, 5) is 26.9. The van der Waals surface area contributed by atoms with Crippen LogP contribution in [0.15, 0.2) is 42.0 Å². The second-order valence-electron chi connectivity index (χ2n) is 8.26. The molecule has 0 saturated heterocycles. The Bertz CT molecular complexity index is 997. The van der Waals surface area contributed by atoms with Crippen LogP contribution in [0.2, 0.25) is 0 Å². The fourth-order valence-electron chi connectivity index (χ4n) is 4.99. The van der Waals surface area contributed by atoms with E-state index in [1.165, 1.54) is 0 Å². The first-order valence-electron chi connectivity index (χ1n) is 10.0. The summed E-state index contributed by atoms with van der Waals surface area (Å²) in [5.41, 5.74) is 5.87. The van der Waals surface area contributed by atoms with Crippen LogP contribution in [0.4, 0.5) is 0 Å². The fraction of sp³-hybridized carbons (Fsp3) is 0.360. The summed E-state index contributed by atoms with van der Waals surface area (Å²) < 4.78 is 5.98. The number of carbonyl (C=O) groups excluding carboxylic acids is 2. The molecule has 0 N–H and O–H groups in total. The number of hydrogen-bond acceptors (Lipinski definition) is 3. The Morgan fingerprint density at radius 3 is 2.14 bits per heavy atom. The number of ether oxygens (including phenoxy) is 1. The van der Waals surface area contributed by atoms with Crippen LogP contribution in [-0.4, -0.2) is 17.4 Å². The van der Waals surface area contributed by atoms with Crippen LogP contribution in [-0.2, 0) is 9.53 Å². The molecule has 0 amide bonds. The molecule has 2 aliphatic rings. The van der Waals surface area contributed by atoms with Crippen LogP contribution in [0, 0.1) is 27.7 Å². The summed E-state index contributed by atoms with van der Waals surface area (Å²) in [5.74, 6) is -0.422. The number of carbonyl (C=O) groups is 2. The minimum atomic E-state index is -0.768. The van der Waals surface area contributed by atoms with Gasteiger partial charge in [0, 0.05) is 5.56 Å². The Hall–Kier alpha value is -2.68. The molecule has 2 aromatic carbocycles. The minimum Gasteiger partial charge on any atom is -0.450 e. The first-order valence-corrected chi connectivity index (χ1v) is 10.0. The normalized spacial score (nSPS) is 18.1. The highest BCUT2D eigenvalue weighted by Crippen LogP contribution is 2.49. The van der Waals surface area contributed by atoms with Crippen molar-refractivity contribution in [1.29, 1.82) is 0 Å². The van der Waals surface area contributed by atoms with Crippen LogP contribution >= 0.6 is 0 Å². The van der Waals surface area contributed by atoms with Crippen molar-refractivity contribution in [3.63, 3.8) is 0 Å². The van der Waals surface area contributed by atoms with Gasteiger partial charge in [-0.3, -0.25) is 4.79 Å². The molecule has 2 aromatic rings.